The topological polar surface area (TPSA) is 69.6 Å². The third-order valence-corrected chi connectivity index (χ3v) is 2.97. The second kappa shape index (κ2) is 5.72. The number of carboxylic acids is 1. The van der Waals surface area contributed by atoms with Crippen LogP contribution in [0.25, 0.3) is 0 Å². The molecule has 0 aliphatic heterocycles. The molecule has 0 aromatic rings. The number of hydrogen-bond acceptors (Lipinski definition) is 2. The average molecular weight is 228 g/mol. The maximum Gasteiger partial charge on any atom is 0.317 e. The molecule has 5 nitrogen and oxygen atoms in total. The lowest BCUT2D eigenvalue weighted by molar-refractivity contribution is -0.137. The van der Waals surface area contributed by atoms with Crippen molar-refractivity contribution in [3.8, 4) is 0 Å². The van der Waals surface area contributed by atoms with Gasteiger partial charge < -0.3 is 15.3 Å². The van der Waals surface area contributed by atoms with Crippen LogP contribution >= 0.6 is 0 Å². The molecular formula is C11H20N2O3. The maximum absolute atomic E-state index is 11.7. The average Bonchev–Trinajstić information content (AvgIpc) is 2.16. The zero-order chi connectivity index (χ0) is 12.1. The van der Waals surface area contributed by atoms with Gasteiger partial charge in [-0.05, 0) is 25.7 Å². The van der Waals surface area contributed by atoms with Crippen LogP contribution < -0.4 is 5.32 Å². The number of amides is 2. The van der Waals surface area contributed by atoms with Crippen LogP contribution in [0.2, 0.25) is 0 Å². The van der Waals surface area contributed by atoms with Crippen molar-refractivity contribution in [2.75, 3.05) is 13.1 Å². The fourth-order valence-corrected chi connectivity index (χ4v) is 1.92. The van der Waals surface area contributed by atoms with Crippen LogP contribution in [-0.2, 0) is 4.79 Å². The minimum atomic E-state index is -0.872. The van der Waals surface area contributed by atoms with E-state index in [4.69, 9.17) is 5.11 Å². The zero-order valence-corrected chi connectivity index (χ0v) is 9.90. The van der Waals surface area contributed by atoms with Crippen LogP contribution in [0.15, 0.2) is 0 Å². The highest BCUT2D eigenvalue weighted by Crippen LogP contribution is 2.26. The van der Waals surface area contributed by atoms with E-state index < -0.39 is 5.97 Å². The van der Waals surface area contributed by atoms with Crippen LogP contribution in [0.4, 0.5) is 4.79 Å². The Balaban J connectivity index is 2.28. The summed E-state index contributed by atoms with van der Waals surface area (Å²) in [7, 11) is 0. The van der Waals surface area contributed by atoms with E-state index in [0.29, 0.717) is 12.5 Å². The lowest BCUT2D eigenvalue weighted by Gasteiger charge is -2.35. The van der Waals surface area contributed by atoms with Gasteiger partial charge in [-0.15, -0.1) is 0 Å². The van der Waals surface area contributed by atoms with E-state index in [2.05, 4.69) is 12.2 Å². The highest BCUT2D eigenvalue weighted by molar-refractivity contribution is 5.75. The van der Waals surface area contributed by atoms with Gasteiger partial charge in [0.2, 0.25) is 0 Å². The van der Waals surface area contributed by atoms with Crippen LogP contribution in [0.1, 0.15) is 33.1 Å². The number of carbonyl (C=O) groups is 2. The summed E-state index contributed by atoms with van der Waals surface area (Å²) in [5, 5.41) is 11.5. The van der Waals surface area contributed by atoms with Crippen molar-refractivity contribution >= 4 is 12.0 Å². The van der Waals surface area contributed by atoms with Crippen LogP contribution in [-0.4, -0.2) is 41.1 Å². The largest absolute Gasteiger partial charge is 0.481 e. The quantitative estimate of drug-likeness (QED) is 0.745. The van der Waals surface area contributed by atoms with Crippen molar-refractivity contribution < 1.29 is 14.7 Å². The highest BCUT2D eigenvalue weighted by Gasteiger charge is 2.27. The standard InChI is InChI=1S/C11H20N2O3/c1-3-13(5-4-10(14)15)11(16)12-9-6-8(2)7-9/h8-9H,3-7H2,1-2H3,(H,12,16)(H,14,15). The van der Waals surface area contributed by atoms with Crippen molar-refractivity contribution in [2.45, 2.75) is 39.2 Å². The number of nitrogens with zero attached hydrogens (tertiary/aromatic N) is 1. The zero-order valence-electron chi connectivity index (χ0n) is 9.90. The molecule has 0 aromatic carbocycles. The van der Waals surface area contributed by atoms with E-state index in [1.54, 1.807) is 0 Å². The molecule has 0 spiro atoms. The smallest absolute Gasteiger partial charge is 0.317 e. The minimum absolute atomic E-state index is 0.00231. The molecule has 1 fully saturated rings. The molecule has 1 saturated carbocycles. The normalized spacial score (nSPS) is 23.4. The van der Waals surface area contributed by atoms with E-state index in [1.165, 1.54) is 4.90 Å². The second-order valence-electron chi connectivity index (χ2n) is 4.45. The number of urea groups is 1. The Morgan fingerprint density at radius 3 is 2.50 bits per heavy atom. The molecule has 0 saturated heterocycles. The molecule has 16 heavy (non-hydrogen) atoms. The van der Waals surface area contributed by atoms with E-state index in [9.17, 15) is 9.59 Å². The van der Waals surface area contributed by atoms with Crippen LogP contribution in [0, 0.1) is 5.92 Å². The number of carbonyl (C=O) groups excluding carboxylic acids is 1. The summed E-state index contributed by atoms with van der Waals surface area (Å²) in [5.41, 5.74) is 0. The van der Waals surface area contributed by atoms with Crippen molar-refractivity contribution in [1.82, 2.24) is 10.2 Å². The van der Waals surface area contributed by atoms with Gasteiger partial charge in [0.1, 0.15) is 0 Å². The predicted octanol–water partition coefficient (Wildman–Crippen LogP) is 1.29. The van der Waals surface area contributed by atoms with Gasteiger partial charge in [-0.3, -0.25) is 4.79 Å². The molecule has 2 N–H and O–H groups in total. The molecule has 2 amide bonds. The molecule has 1 aliphatic rings. The first-order valence-corrected chi connectivity index (χ1v) is 5.80. The molecule has 0 heterocycles. The molecule has 0 bridgehead atoms. The molecule has 0 unspecified atom stereocenters. The first-order valence-electron chi connectivity index (χ1n) is 5.80. The van der Waals surface area contributed by atoms with E-state index in [1.807, 2.05) is 6.92 Å². The molecule has 0 radical (unpaired) electrons. The van der Waals surface area contributed by atoms with Gasteiger partial charge in [0.15, 0.2) is 0 Å². The Morgan fingerprint density at radius 1 is 1.44 bits per heavy atom. The van der Waals surface area contributed by atoms with Gasteiger partial charge in [0.25, 0.3) is 0 Å². The maximum atomic E-state index is 11.7. The van der Waals surface area contributed by atoms with Crippen molar-refractivity contribution in [3.63, 3.8) is 0 Å². The first kappa shape index (κ1) is 12.8. The molecule has 0 atom stereocenters. The Morgan fingerprint density at radius 2 is 2.06 bits per heavy atom. The summed E-state index contributed by atoms with van der Waals surface area (Å²) < 4.78 is 0. The van der Waals surface area contributed by atoms with Crippen molar-refractivity contribution in [2.24, 2.45) is 5.92 Å². The van der Waals surface area contributed by atoms with Crippen LogP contribution in [0.5, 0.6) is 0 Å². The number of rotatable bonds is 5. The van der Waals surface area contributed by atoms with Gasteiger partial charge >= 0.3 is 12.0 Å². The Bertz CT molecular complexity index is 262. The molecule has 1 aliphatic carbocycles. The van der Waals surface area contributed by atoms with E-state index >= 15 is 0 Å². The summed E-state index contributed by atoms with van der Waals surface area (Å²) in [5.74, 6) is -0.178. The summed E-state index contributed by atoms with van der Waals surface area (Å²) in [4.78, 5) is 23.7. The monoisotopic (exact) mass is 228 g/mol. The summed E-state index contributed by atoms with van der Waals surface area (Å²) in [6.45, 7) is 4.83. The lowest BCUT2D eigenvalue weighted by Crippen LogP contribution is -2.49. The Labute approximate surface area is 95.8 Å². The molecular weight excluding hydrogens is 208 g/mol. The van der Waals surface area contributed by atoms with E-state index in [-0.39, 0.29) is 25.0 Å². The number of nitrogens with one attached hydrogen (secondary N) is 1. The van der Waals surface area contributed by atoms with Gasteiger partial charge in [-0.25, -0.2) is 4.79 Å². The third-order valence-electron chi connectivity index (χ3n) is 2.97. The fraction of sp³-hybridized carbons (Fsp3) is 0.818. The van der Waals surface area contributed by atoms with Crippen LogP contribution in [0.3, 0.4) is 0 Å². The summed E-state index contributed by atoms with van der Waals surface area (Å²) >= 11 is 0. The van der Waals surface area contributed by atoms with E-state index in [0.717, 1.165) is 12.8 Å². The van der Waals surface area contributed by atoms with Gasteiger partial charge in [-0.1, -0.05) is 6.92 Å². The molecule has 5 heteroatoms. The summed E-state index contributed by atoms with van der Waals surface area (Å²) in [6.07, 6.45) is 2.06. The molecule has 0 aromatic heterocycles. The summed E-state index contributed by atoms with van der Waals surface area (Å²) in [6, 6.07) is 0.141. The number of hydrogen-bond donors (Lipinski definition) is 2. The molecule has 92 valence electrons. The number of aliphatic carboxylic acids is 1. The SMILES string of the molecule is CCN(CCC(=O)O)C(=O)NC1CC(C)C1. The minimum Gasteiger partial charge on any atom is -0.481 e. The lowest BCUT2D eigenvalue weighted by atomic mass is 9.82. The Hall–Kier alpha value is -1.26. The van der Waals surface area contributed by atoms with Gasteiger partial charge in [0.05, 0.1) is 6.42 Å². The first-order chi connectivity index (χ1) is 7.52. The second-order valence-corrected chi connectivity index (χ2v) is 4.45. The molecule has 1 rings (SSSR count). The van der Waals surface area contributed by atoms with Gasteiger partial charge in [0, 0.05) is 19.1 Å². The number of carboxylic acid groups (broad SMARTS) is 1. The third kappa shape index (κ3) is 3.72. The predicted molar refractivity (Wildman–Crippen MR) is 60.2 cm³/mol. The highest BCUT2D eigenvalue weighted by atomic mass is 16.4. The fourth-order valence-electron chi connectivity index (χ4n) is 1.92. The van der Waals surface area contributed by atoms with Gasteiger partial charge in [-0.2, -0.15) is 0 Å². The van der Waals surface area contributed by atoms with Crippen molar-refractivity contribution in [3.05, 3.63) is 0 Å². The van der Waals surface area contributed by atoms with Crippen molar-refractivity contribution in [1.29, 1.82) is 0 Å². The Kier molecular flexibility index (Phi) is 4.58.